The predicted molar refractivity (Wildman–Crippen MR) is 68.9 cm³/mol. The van der Waals surface area contributed by atoms with Crippen molar-refractivity contribution in [2.75, 3.05) is 26.9 Å². The number of hydrogen-bond donors (Lipinski definition) is 2. The Labute approximate surface area is 112 Å². The molecule has 0 saturated heterocycles. The quantitative estimate of drug-likeness (QED) is 0.766. The van der Waals surface area contributed by atoms with Gasteiger partial charge in [-0.15, -0.1) is 12.4 Å². The lowest BCUT2D eigenvalue weighted by molar-refractivity contribution is 0.174. The molecule has 0 bridgehead atoms. The molecule has 2 N–H and O–H groups in total. The SMILES string of the molecule is CNCCNS(=O)(=O)c1ccc2c(c1)OCO2.Cl. The molecule has 0 amide bonds. The van der Waals surface area contributed by atoms with Crippen LogP contribution in [-0.4, -0.2) is 35.3 Å². The molecule has 0 saturated carbocycles. The van der Waals surface area contributed by atoms with E-state index in [-0.39, 0.29) is 24.1 Å². The minimum Gasteiger partial charge on any atom is -0.454 e. The van der Waals surface area contributed by atoms with Gasteiger partial charge in [-0.1, -0.05) is 0 Å². The Balaban J connectivity index is 0.00000162. The van der Waals surface area contributed by atoms with E-state index >= 15 is 0 Å². The zero-order chi connectivity index (χ0) is 12.3. The van der Waals surface area contributed by atoms with E-state index in [0.717, 1.165) is 0 Å². The molecule has 2 rings (SSSR count). The van der Waals surface area contributed by atoms with E-state index < -0.39 is 10.0 Å². The van der Waals surface area contributed by atoms with Gasteiger partial charge < -0.3 is 14.8 Å². The molecule has 1 heterocycles. The summed E-state index contributed by atoms with van der Waals surface area (Å²) in [5, 5.41) is 2.86. The van der Waals surface area contributed by atoms with Crippen molar-refractivity contribution in [3.05, 3.63) is 18.2 Å². The number of ether oxygens (including phenoxy) is 2. The minimum absolute atomic E-state index is 0. The second-order valence-corrected chi connectivity index (χ2v) is 5.28. The van der Waals surface area contributed by atoms with E-state index in [2.05, 4.69) is 10.0 Å². The summed E-state index contributed by atoms with van der Waals surface area (Å²) in [6.45, 7) is 1.04. The number of halogens is 1. The number of nitrogens with one attached hydrogen (secondary N) is 2. The highest BCUT2D eigenvalue weighted by Gasteiger charge is 2.19. The molecule has 0 unspecified atom stereocenters. The maximum Gasteiger partial charge on any atom is 0.240 e. The van der Waals surface area contributed by atoms with E-state index in [1.54, 1.807) is 13.1 Å². The third-order valence-electron chi connectivity index (χ3n) is 2.32. The van der Waals surface area contributed by atoms with E-state index in [4.69, 9.17) is 9.47 Å². The average molecular weight is 295 g/mol. The normalized spacial score (nSPS) is 13.2. The lowest BCUT2D eigenvalue weighted by Gasteiger charge is -2.06. The van der Waals surface area contributed by atoms with Crippen LogP contribution < -0.4 is 19.5 Å². The van der Waals surface area contributed by atoms with Crippen molar-refractivity contribution in [3.8, 4) is 11.5 Å². The van der Waals surface area contributed by atoms with E-state index in [0.29, 0.717) is 24.6 Å². The Hall–Kier alpha value is -1.02. The summed E-state index contributed by atoms with van der Waals surface area (Å²) in [7, 11) is -1.72. The van der Waals surface area contributed by atoms with Crippen molar-refractivity contribution >= 4 is 22.4 Å². The van der Waals surface area contributed by atoms with Crippen LogP contribution in [0.4, 0.5) is 0 Å². The molecule has 0 aliphatic carbocycles. The number of likely N-dealkylation sites (N-methyl/N-ethyl adjacent to an activating group) is 1. The molecule has 1 aliphatic heterocycles. The highest BCUT2D eigenvalue weighted by atomic mass is 35.5. The minimum atomic E-state index is -3.48. The molecule has 8 heteroatoms. The van der Waals surface area contributed by atoms with E-state index in [1.807, 2.05) is 0 Å². The fourth-order valence-corrected chi connectivity index (χ4v) is 2.48. The Morgan fingerprint density at radius 2 is 1.94 bits per heavy atom. The van der Waals surface area contributed by atoms with Crippen LogP contribution >= 0.6 is 12.4 Å². The number of rotatable bonds is 5. The van der Waals surface area contributed by atoms with Crippen LogP contribution in [0.2, 0.25) is 0 Å². The van der Waals surface area contributed by atoms with Gasteiger partial charge >= 0.3 is 0 Å². The van der Waals surface area contributed by atoms with Crippen molar-refractivity contribution in [2.45, 2.75) is 4.90 Å². The summed E-state index contributed by atoms with van der Waals surface area (Å²) in [5.41, 5.74) is 0. The molecular formula is C10H15ClN2O4S. The van der Waals surface area contributed by atoms with Crippen molar-refractivity contribution in [2.24, 2.45) is 0 Å². The van der Waals surface area contributed by atoms with E-state index in [1.165, 1.54) is 12.1 Å². The zero-order valence-electron chi connectivity index (χ0n) is 9.80. The van der Waals surface area contributed by atoms with Gasteiger partial charge in [0.15, 0.2) is 11.5 Å². The first-order chi connectivity index (χ1) is 8.13. The van der Waals surface area contributed by atoms with Gasteiger partial charge in [-0.3, -0.25) is 0 Å². The lowest BCUT2D eigenvalue weighted by atomic mass is 10.3. The Morgan fingerprint density at radius 1 is 1.22 bits per heavy atom. The molecule has 1 aromatic carbocycles. The van der Waals surface area contributed by atoms with E-state index in [9.17, 15) is 8.42 Å². The molecule has 1 aliphatic rings. The van der Waals surface area contributed by atoms with Crippen LogP contribution in [0.1, 0.15) is 0 Å². The molecule has 0 fully saturated rings. The Kier molecular flexibility index (Phi) is 5.21. The maximum atomic E-state index is 11.9. The number of sulfonamides is 1. The molecule has 6 nitrogen and oxygen atoms in total. The summed E-state index contributed by atoms with van der Waals surface area (Å²) in [6, 6.07) is 4.55. The van der Waals surface area contributed by atoms with Gasteiger partial charge in [-0.05, 0) is 19.2 Å². The molecule has 0 atom stereocenters. The average Bonchev–Trinajstić information content (AvgIpc) is 2.76. The summed E-state index contributed by atoms with van der Waals surface area (Å²) in [4.78, 5) is 0.179. The Morgan fingerprint density at radius 3 is 2.67 bits per heavy atom. The van der Waals surface area contributed by atoms with Crippen LogP contribution in [0, 0.1) is 0 Å². The van der Waals surface area contributed by atoms with Crippen molar-refractivity contribution < 1.29 is 17.9 Å². The molecule has 1 aromatic rings. The van der Waals surface area contributed by atoms with Gasteiger partial charge in [-0.25, -0.2) is 13.1 Å². The topological polar surface area (TPSA) is 76.7 Å². The zero-order valence-corrected chi connectivity index (χ0v) is 11.4. The van der Waals surface area contributed by atoms with Crippen molar-refractivity contribution in [3.63, 3.8) is 0 Å². The summed E-state index contributed by atoms with van der Waals surface area (Å²) >= 11 is 0. The van der Waals surface area contributed by atoms with Crippen LogP contribution in [0.25, 0.3) is 0 Å². The summed E-state index contributed by atoms with van der Waals surface area (Å²) < 4.78 is 36.5. The molecule has 102 valence electrons. The summed E-state index contributed by atoms with van der Waals surface area (Å²) in [6.07, 6.45) is 0. The van der Waals surface area contributed by atoms with Crippen LogP contribution in [0.5, 0.6) is 11.5 Å². The highest BCUT2D eigenvalue weighted by Crippen LogP contribution is 2.33. The monoisotopic (exact) mass is 294 g/mol. The van der Waals surface area contributed by atoms with Gasteiger partial charge in [0, 0.05) is 19.2 Å². The van der Waals surface area contributed by atoms with Gasteiger partial charge in [-0.2, -0.15) is 0 Å². The first-order valence-corrected chi connectivity index (χ1v) is 6.66. The van der Waals surface area contributed by atoms with Crippen LogP contribution in [0.15, 0.2) is 23.1 Å². The molecular weight excluding hydrogens is 280 g/mol. The van der Waals surface area contributed by atoms with Crippen LogP contribution in [0.3, 0.4) is 0 Å². The fourth-order valence-electron chi connectivity index (χ4n) is 1.44. The lowest BCUT2D eigenvalue weighted by Crippen LogP contribution is -2.30. The second kappa shape index (κ2) is 6.24. The number of hydrogen-bond acceptors (Lipinski definition) is 5. The fraction of sp³-hybridized carbons (Fsp3) is 0.400. The van der Waals surface area contributed by atoms with Crippen molar-refractivity contribution in [1.29, 1.82) is 0 Å². The standard InChI is InChI=1S/C10H14N2O4S.ClH/c1-11-4-5-12-17(13,14)8-2-3-9-10(6-8)16-7-15-9;/h2-3,6,11-12H,4-5,7H2,1H3;1H. The number of fused-ring (bicyclic) bond motifs is 1. The van der Waals surface area contributed by atoms with Gasteiger partial charge in [0.1, 0.15) is 0 Å². The summed E-state index contributed by atoms with van der Waals surface area (Å²) in [5.74, 6) is 1.03. The highest BCUT2D eigenvalue weighted by molar-refractivity contribution is 7.89. The van der Waals surface area contributed by atoms with Gasteiger partial charge in [0.05, 0.1) is 4.90 Å². The number of benzene rings is 1. The maximum absolute atomic E-state index is 11.9. The molecule has 0 radical (unpaired) electrons. The molecule has 0 spiro atoms. The first-order valence-electron chi connectivity index (χ1n) is 5.17. The van der Waals surface area contributed by atoms with Crippen molar-refractivity contribution in [1.82, 2.24) is 10.0 Å². The van der Waals surface area contributed by atoms with Gasteiger partial charge in [0.25, 0.3) is 0 Å². The Bertz CT molecular complexity index is 507. The van der Waals surface area contributed by atoms with Gasteiger partial charge in [0.2, 0.25) is 16.8 Å². The molecule has 0 aromatic heterocycles. The predicted octanol–water partition coefficient (Wildman–Crippen LogP) is 0.335. The third kappa shape index (κ3) is 3.26. The second-order valence-electron chi connectivity index (χ2n) is 3.52. The van der Waals surface area contributed by atoms with Crippen LogP contribution in [-0.2, 0) is 10.0 Å². The smallest absolute Gasteiger partial charge is 0.240 e. The third-order valence-corrected chi connectivity index (χ3v) is 3.78. The first kappa shape index (κ1) is 15.0. The molecule has 18 heavy (non-hydrogen) atoms. The largest absolute Gasteiger partial charge is 0.454 e.